The molecule has 2 aromatic rings. The van der Waals surface area contributed by atoms with Gasteiger partial charge in [0, 0.05) is 6.04 Å². The van der Waals surface area contributed by atoms with E-state index in [4.69, 9.17) is 10.5 Å². The second-order valence-corrected chi connectivity index (χ2v) is 4.81. The van der Waals surface area contributed by atoms with Gasteiger partial charge in [0.2, 0.25) is 0 Å². The van der Waals surface area contributed by atoms with Crippen molar-refractivity contribution < 1.29 is 4.74 Å². The number of benzene rings is 2. The highest BCUT2D eigenvalue weighted by Crippen LogP contribution is 2.20. The number of nitrogens with two attached hydrogens (primary N) is 1. The molecule has 2 N–H and O–H groups in total. The van der Waals surface area contributed by atoms with Crippen LogP contribution < -0.4 is 10.5 Å². The SMILES string of the molecule is CCOc1cccc(CC(N)c2cccc(C)c2)c1. The highest BCUT2D eigenvalue weighted by Gasteiger charge is 2.07. The third-order valence-corrected chi connectivity index (χ3v) is 3.14. The highest BCUT2D eigenvalue weighted by atomic mass is 16.5. The molecule has 2 rings (SSSR count). The molecule has 0 spiro atoms. The Kier molecular flexibility index (Phi) is 4.58. The lowest BCUT2D eigenvalue weighted by atomic mass is 9.98. The van der Waals surface area contributed by atoms with Crippen LogP contribution in [0.3, 0.4) is 0 Å². The van der Waals surface area contributed by atoms with E-state index in [-0.39, 0.29) is 6.04 Å². The first-order chi connectivity index (χ1) is 9.19. The quantitative estimate of drug-likeness (QED) is 0.885. The summed E-state index contributed by atoms with van der Waals surface area (Å²) in [6.45, 7) is 4.77. The lowest BCUT2D eigenvalue weighted by Crippen LogP contribution is -2.13. The number of rotatable bonds is 5. The van der Waals surface area contributed by atoms with Crippen molar-refractivity contribution in [3.63, 3.8) is 0 Å². The molecule has 2 heteroatoms. The Balaban J connectivity index is 2.10. The van der Waals surface area contributed by atoms with E-state index in [1.54, 1.807) is 0 Å². The lowest BCUT2D eigenvalue weighted by Gasteiger charge is -2.13. The summed E-state index contributed by atoms with van der Waals surface area (Å²) in [5, 5.41) is 0. The van der Waals surface area contributed by atoms with E-state index in [1.807, 2.05) is 19.1 Å². The summed E-state index contributed by atoms with van der Waals surface area (Å²) in [6, 6.07) is 16.6. The van der Waals surface area contributed by atoms with Crippen molar-refractivity contribution in [2.24, 2.45) is 5.73 Å². The van der Waals surface area contributed by atoms with Crippen molar-refractivity contribution in [2.75, 3.05) is 6.61 Å². The molecule has 0 saturated carbocycles. The maximum absolute atomic E-state index is 6.28. The molecule has 0 saturated heterocycles. The summed E-state index contributed by atoms with van der Waals surface area (Å²) >= 11 is 0. The molecule has 0 radical (unpaired) electrons. The monoisotopic (exact) mass is 255 g/mol. The molecule has 100 valence electrons. The second kappa shape index (κ2) is 6.39. The van der Waals surface area contributed by atoms with Crippen molar-refractivity contribution in [1.29, 1.82) is 0 Å². The molecule has 0 aliphatic rings. The van der Waals surface area contributed by atoms with Crippen molar-refractivity contribution in [3.05, 3.63) is 65.2 Å². The summed E-state index contributed by atoms with van der Waals surface area (Å²) in [7, 11) is 0. The van der Waals surface area contributed by atoms with Gasteiger partial charge in [0.25, 0.3) is 0 Å². The molecule has 0 heterocycles. The van der Waals surface area contributed by atoms with E-state index in [9.17, 15) is 0 Å². The molecule has 0 aromatic heterocycles. The second-order valence-electron chi connectivity index (χ2n) is 4.81. The molecule has 2 nitrogen and oxygen atoms in total. The third kappa shape index (κ3) is 3.83. The number of hydrogen-bond donors (Lipinski definition) is 1. The van der Waals surface area contributed by atoms with Gasteiger partial charge in [-0.15, -0.1) is 0 Å². The highest BCUT2D eigenvalue weighted by molar-refractivity contribution is 5.31. The zero-order valence-corrected chi connectivity index (χ0v) is 11.6. The predicted octanol–water partition coefficient (Wildman–Crippen LogP) is 3.64. The van der Waals surface area contributed by atoms with Gasteiger partial charge in [0.15, 0.2) is 0 Å². The van der Waals surface area contributed by atoms with Gasteiger partial charge in [-0.3, -0.25) is 0 Å². The molecule has 0 fully saturated rings. The van der Waals surface area contributed by atoms with Gasteiger partial charge < -0.3 is 10.5 Å². The van der Waals surface area contributed by atoms with Crippen LogP contribution in [0.5, 0.6) is 5.75 Å². The fourth-order valence-electron chi connectivity index (χ4n) is 2.20. The average molecular weight is 255 g/mol. The van der Waals surface area contributed by atoms with Gasteiger partial charge in [-0.1, -0.05) is 42.0 Å². The number of ether oxygens (including phenoxy) is 1. The van der Waals surface area contributed by atoms with Gasteiger partial charge in [0.1, 0.15) is 5.75 Å². The minimum atomic E-state index is 0.0248. The molecule has 19 heavy (non-hydrogen) atoms. The molecule has 1 unspecified atom stereocenters. The van der Waals surface area contributed by atoms with Crippen LogP contribution in [0.4, 0.5) is 0 Å². The van der Waals surface area contributed by atoms with Crippen LogP contribution >= 0.6 is 0 Å². The van der Waals surface area contributed by atoms with E-state index in [0.29, 0.717) is 6.61 Å². The van der Waals surface area contributed by atoms with Crippen molar-refractivity contribution in [1.82, 2.24) is 0 Å². The zero-order valence-electron chi connectivity index (χ0n) is 11.6. The van der Waals surface area contributed by atoms with Gasteiger partial charge in [-0.05, 0) is 43.5 Å². The molecular formula is C17H21NO. The summed E-state index contributed by atoms with van der Waals surface area (Å²) < 4.78 is 5.51. The van der Waals surface area contributed by atoms with Gasteiger partial charge in [0.05, 0.1) is 6.61 Å². The third-order valence-electron chi connectivity index (χ3n) is 3.14. The van der Waals surface area contributed by atoms with Gasteiger partial charge in [-0.25, -0.2) is 0 Å². The van der Waals surface area contributed by atoms with Crippen molar-refractivity contribution in [2.45, 2.75) is 26.3 Å². The molecule has 0 aliphatic heterocycles. The number of aryl methyl sites for hydroxylation is 1. The molecular weight excluding hydrogens is 234 g/mol. The van der Waals surface area contributed by atoms with E-state index in [2.05, 4.69) is 43.3 Å². The van der Waals surface area contributed by atoms with E-state index in [0.717, 1.165) is 12.2 Å². The molecule has 2 aromatic carbocycles. The summed E-state index contributed by atoms with van der Waals surface area (Å²) in [5.74, 6) is 0.913. The first-order valence-corrected chi connectivity index (χ1v) is 6.73. The Bertz CT molecular complexity index is 536. The summed E-state index contributed by atoms with van der Waals surface area (Å²) in [5.41, 5.74) is 9.92. The van der Waals surface area contributed by atoms with Crippen LogP contribution in [0.15, 0.2) is 48.5 Å². The van der Waals surface area contributed by atoms with Crippen LogP contribution in [0.1, 0.15) is 29.7 Å². The number of hydrogen-bond acceptors (Lipinski definition) is 2. The minimum Gasteiger partial charge on any atom is -0.494 e. The van der Waals surface area contributed by atoms with Crippen molar-refractivity contribution >= 4 is 0 Å². The van der Waals surface area contributed by atoms with Crippen LogP contribution in [-0.4, -0.2) is 6.61 Å². The maximum Gasteiger partial charge on any atom is 0.119 e. The Morgan fingerprint density at radius 1 is 1.11 bits per heavy atom. The predicted molar refractivity (Wildman–Crippen MR) is 79.4 cm³/mol. The minimum absolute atomic E-state index is 0.0248. The first kappa shape index (κ1) is 13.6. The fraction of sp³-hybridized carbons (Fsp3) is 0.294. The van der Waals surface area contributed by atoms with E-state index in [1.165, 1.54) is 16.7 Å². The molecule has 0 aliphatic carbocycles. The summed E-state index contributed by atoms with van der Waals surface area (Å²) in [4.78, 5) is 0. The Morgan fingerprint density at radius 3 is 2.63 bits per heavy atom. The largest absolute Gasteiger partial charge is 0.494 e. The molecule has 0 amide bonds. The Hall–Kier alpha value is -1.80. The van der Waals surface area contributed by atoms with Crippen LogP contribution in [0.25, 0.3) is 0 Å². The summed E-state index contributed by atoms with van der Waals surface area (Å²) in [6.07, 6.45) is 0.824. The Labute approximate surface area is 115 Å². The average Bonchev–Trinajstić information content (AvgIpc) is 2.39. The van der Waals surface area contributed by atoms with Crippen LogP contribution in [0, 0.1) is 6.92 Å². The van der Waals surface area contributed by atoms with Crippen LogP contribution in [0.2, 0.25) is 0 Å². The smallest absolute Gasteiger partial charge is 0.119 e. The molecule has 1 atom stereocenters. The zero-order chi connectivity index (χ0) is 13.7. The maximum atomic E-state index is 6.28. The normalized spacial score (nSPS) is 12.2. The first-order valence-electron chi connectivity index (χ1n) is 6.73. The Morgan fingerprint density at radius 2 is 1.89 bits per heavy atom. The standard InChI is InChI=1S/C17H21NO/c1-3-19-16-9-5-7-14(11-16)12-17(18)15-8-4-6-13(2)10-15/h4-11,17H,3,12,18H2,1-2H3. The van der Waals surface area contributed by atoms with E-state index >= 15 is 0 Å². The van der Waals surface area contributed by atoms with E-state index < -0.39 is 0 Å². The lowest BCUT2D eigenvalue weighted by molar-refractivity contribution is 0.340. The topological polar surface area (TPSA) is 35.2 Å². The molecule has 0 bridgehead atoms. The van der Waals surface area contributed by atoms with Crippen molar-refractivity contribution in [3.8, 4) is 5.75 Å². The fourth-order valence-corrected chi connectivity index (χ4v) is 2.20. The van der Waals surface area contributed by atoms with Crippen LogP contribution in [-0.2, 0) is 6.42 Å². The van der Waals surface area contributed by atoms with Gasteiger partial charge >= 0.3 is 0 Å². The van der Waals surface area contributed by atoms with Gasteiger partial charge in [-0.2, -0.15) is 0 Å².